The first kappa shape index (κ1) is 17.7. The van der Waals surface area contributed by atoms with E-state index < -0.39 is 15.6 Å². The first-order valence-electron chi connectivity index (χ1n) is 1.46. The third-order valence-electron chi connectivity index (χ3n) is 0. The first-order valence-corrected chi connectivity index (χ1v) is 4.38. The topological polar surface area (TPSA) is 172 Å². The molecule has 0 N–H and O–H groups in total. The van der Waals surface area contributed by atoms with Crippen LogP contribution in [0.25, 0.3) is 0 Å². The predicted molar refractivity (Wildman–Crippen MR) is 15.2 cm³/mol. The van der Waals surface area contributed by atoms with Gasteiger partial charge in [-0.1, -0.05) is 0 Å². The monoisotopic (exact) mass is 242 g/mol. The normalized spacial score (nSPS) is 10.7. The van der Waals surface area contributed by atoms with E-state index in [1.165, 1.54) is 0 Å². The summed E-state index contributed by atoms with van der Waals surface area (Å²) < 4.78 is 17.1. The van der Waals surface area contributed by atoms with Gasteiger partial charge in [0, 0.05) is 0 Å². The molecular formula is CrO8P2. The van der Waals surface area contributed by atoms with Gasteiger partial charge in [-0.05, 0) is 0 Å². The molecule has 0 spiro atoms. The van der Waals surface area contributed by atoms with Crippen molar-refractivity contribution in [2.45, 2.75) is 0 Å². The van der Waals surface area contributed by atoms with Crippen LogP contribution in [0.1, 0.15) is 0 Å². The third kappa shape index (κ3) is 1450. The van der Waals surface area contributed by atoms with Gasteiger partial charge in [-0.25, -0.2) is 0 Å². The Balaban J connectivity index is -0.000000107. The van der Waals surface area contributed by atoms with E-state index in [1.54, 1.807) is 0 Å². The Labute approximate surface area is 72.1 Å². The average Bonchev–Trinajstić information content (AvgIpc) is 1.12. The van der Waals surface area contributed by atoms with Gasteiger partial charge in [0.05, 0.1) is 0 Å². The van der Waals surface area contributed by atoms with Crippen molar-refractivity contribution >= 4 is 15.6 Å². The van der Waals surface area contributed by atoms with Crippen molar-refractivity contribution < 1.29 is 55.9 Å². The quantitative estimate of drug-likeness (QED) is 0.377. The molecule has 0 aromatic rings. The average molecular weight is 242 g/mol. The number of hydrogen-bond acceptors (Lipinski definition) is 8. The van der Waals surface area contributed by atoms with Crippen molar-refractivity contribution in [3.63, 3.8) is 0 Å². The van der Waals surface area contributed by atoms with E-state index >= 15 is 0 Å². The van der Waals surface area contributed by atoms with E-state index in [1.807, 2.05) is 0 Å². The predicted octanol–water partition coefficient (Wildman–Crippen LogP) is -5.65. The minimum atomic E-state index is -5.39. The maximum absolute atomic E-state index is 8.55. The van der Waals surface area contributed by atoms with E-state index in [2.05, 4.69) is 0 Å². The van der Waals surface area contributed by atoms with Crippen LogP contribution in [0.4, 0.5) is 0 Å². The number of hydrogen-bond donors (Lipinski definition) is 0. The summed E-state index contributed by atoms with van der Waals surface area (Å²) in [5.74, 6) is 0. The van der Waals surface area contributed by atoms with Crippen molar-refractivity contribution in [3.8, 4) is 0 Å². The van der Waals surface area contributed by atoms with Crippen LogP contribution < -0.4 is 29.4 Å². The minimum Gasteiger partial charge on any atom is -0.822 e. The maximum Gasteiger partial charge on any atom is 6.00 e. The van der Waals surface area contributed by atoms with Crippen LogP contribution in [0.3, 0.4) is 0 Å². The van der Waals surface area contributed by atoms with Gasteiger partial charge < -0.3 is 38.5 Å². The summed E-state index contributed by atoms with van der Waals surface area (Å²) in [6, 6.07) is 0. The molecule has 11 heteroatoms. The standard InChI is InChI=1S/Cr.2H3O4P/c;2*1-5(2,3)4/h;2*(H3,1,2,3,4)/q+6;;/p-6. The molecule has 0 radical (unpaired) electrons. The molecule has 64 valence electrons. The third-order valence-corrected chi connectivity index (χ3v) is 0. The van der Waals surface area contributed by atoms with Crippen molar-refractivity contribution in [1.82, 2.24) is 0 Å². The molecule has 0 aromatic heterocycles. The summed E-state index contributed by atoms with van der Waals surface area (Å²) in [6.07, 6.45) is 0. The van der Waals surface area contributed by atoms with Crippen molar-refractivity contribution in [3.05, 3.63) is 0 Å². The second-order valence-electron chi connectivity index (χ2n) is 0.894. The van der Waals surface area contributed by atoms with Crippen LogP contribution in [0.2, 0.25) is 0 Å². The van der Waals surface area contributed by atoms with E-state index in [0.29, 0.717) is 0 Å². The minimum absolute atomic E-state index is 0. The second kappa shape index (κ2) is 6.29. The summed E-state index contributed by atoms with van der Waals surface area (Å²) in [5.41, 5.74) is 0. The van der Waals surface area contributed by atoms with Crippen LogP contribution in [0.15, 0.2) is 0 Å². The van der Waals surface area contributed by atoms with Gasteiger partial charge in [0.1, 0.15) is 0 Å². The van der Waals surface area contributed by atoms with Gasteiger partial charge in [0.25, 0.3) is 0 Å². The smallest absolute Gasteiger partial charge is 0.822 e. The molecule has 11 heavy (non-hydrogen) atoms. The van der Waals surface area contributed by atoms with E-state index in [-0.39, 0.29) is 17.4 Å². The Hall–Kier alpha value is 0.752. The summed E-state index contributed by atoms with van der Waals surface area (Å²) in [7, 11) is -10.8. The Kier molecular flexibility index (Phi) is 10.1. The Morgan fingerprint density at radius 3 is 0.636 bits per heavy atom. The van der Waals surface area contributed by atoms with Crippen molar-refractivity contribution in [2.75, 3.05) is 0 Å². The van der Waals surface area contributed by atoms with E-state index in [4.69, 9.17) is 38.5 Å². The van der Waals surface area contributed by atoms with Gasteiger partial charge in [-0.3, -0.25) is 0 Å². The molecule has 0 aliphatic carbocycles. The molecular weight excluding hydrogens is 242 g/mol. The molecule has 0 heterocycles. The van der Waals surface area contributed by atoms with Crippen LogP contribution in [0, 0.1) is 0 Å². The number of rotatable bonds is 0. The molecule has 0 aliphatic heterocycles. The van der Waals surface area contributed by atoms with Crippen LogP contribution in [0.5, 0.6) is 0 Å². The fourth-order valence-corrected chi connectivity index (χ4v) is 0. The first-order chi connectivity index (χ1) is 4.00. The fourth-order valence-electron chi connectivity index (χ4n) is 0. The zero-order chi connectivity index (χ0) is 9.00. The van der Waals surface area contributed by atoms with E-state index in [0.717, 1.165) is 0 Å². The largest absolute Gasteiger partial charge is 6.00 e. The molecule has 0 fully saturated rings. The molecule has 0 amide bonds. The maximum atomic E-state index is 8.55. The van der Waals surface area contributed by atoms with Crippen LogP contribution in [-0.2, 0) is 26.5 Å². The Morgan fingerprint density at radius 1 is 0.636 bits per heavy atom. The molecule has 8 nitrogen and oxygen atoms in total. The Bertz CT molecular complexity index is 124. The zero-order valence-corrected chi connectivity index (χ0v) is 7.63. The van der Waals surface area contributed by atoms with Gasteiger partial charge >= 0.3 is 17.4 Å². The summed E-state index contributed by atoms with van der Waals surface area (Å²) >= 11 is 0. The molecule has 0 aliphatic rings. The molecule has 0 atom stereocenters. The van der Waals surface area contributed by atoms with Gasteiger partial charge in [0.15, 0.2) is 0 Å². The Morgan fingerprint density at radius 2 is 0.636 bits per heavy atom. The van der Waals surface area contributed by atoms with Gasteiger partial charge in [0.2, 0.25) is 0 Å². The van der Waals surface area contributed by atoms with Gasteiger partial charge in [-0.2, -0.15) is 15.6 Å². The fraction of sp³-hybridized carbons (Fsp3) is 0. The zero-order valence-electron chi connectivity index (χ0n) is 4.57. The molecule has 0 bridgehead atoms. The van der Waals surface area contributed by atoms with Crippen LogP contribution >= 0.6 is 15.6 Å². The van der Waals surface area contributed by atoms with Crippen LogP contribution in [-0.4, -0.2) is 0 Å². The molecule has 0 rings (SSSR count). The summed E-state index contributed by atoms with van der Waals surface area (Å²) in [5, 5.41) is 0. The molecule has 0 saturated carbocycles. The summed E-state index contributed by atoms with van der Waals surface area (Å²) in [4.78, 5) is 51.3. The molecule has 0 saturated heterocycles. The molecule has 0 aromatic carbocycles. The summed E-state index contributed by atoms with van der Waals surface area (Å²) in [6.45, 7) is 0. The van der Waals surface area contributed by atoms with E-state index in [9.17, 15) is 0 Å². The van der Waals surface area contributed by atoms with Crippen molar-refractivity contribution in [2.24, 2.45) is 0 Å². The molecule has 0 unspecified atom stereocenters. The SMILES string of the molecule is O=P([O-])([O-])[O-].O=P([O-])([O-])[O-].[Cr+6]. The number of phosphoric acid groups is 2. The van der Waals surface area contributed by atoms with Crippen molar-refractivity contribution in [1.29, 1.82) is 0 Å². The second-order valence-corrected chi connectivity index (χ2v) is 2.68. The van der Waals surface area contributed by atoms with Gasteiger partial charge in [-0.15, -0.1) is 0 Å².